The van der Waals surface area contributed by atoms with E-state index in [1.54, 1.807) is 0 Å². The maximum atomic E-state index is 5.66. The predicted octanol–water partition coefficient (Wildman–Crippen LogP) is 4.74. The molecule has 0 aliphatic heterocycles. The van der Waals surface area contributed by atoms with Crippen molar-refractivity contribution in [3.05, 3.63) is 60.3 Å². The van der Waals surface area contributed by atoms with E-state index in [2.05, 4.69) is 37.6 Å². The first-order valence-corrected chi connectivity index (χ1v) is 8.94. The Balaban J connectivity index is 1.80. The smallest absolute Gasteiger partial charge is 0.229 e. The van der Waals surface area contributed by atoms with Gasteiger partial charge in [-0.25, -0.2) is 4.98 Å². The average Bonchev–Trinajstić information content (AvgIpc) is 2.63. The summed E-state index contributed by atoms with van der Waals surface area (Å²) >= 11 is 0. The molecule has 0 saturated carbocycles. The van der Waals surface area contributed by atoms with Gasteiger partial charge in [-0.2, -0.15) is 4.98 Å². The van der Waals surface area contributed by atoms with Crippen LogP contribution in [0.25, 0.3) is 0 Å². The molecule has 0 aliphatic carbocycles. The summed E-state index contributed by atoms with van der Waals surface area (Å²) < 4.78 is 5.66. The SMILES string of the molecule is CCOc1ccccc1Nc1nc(C)cc(Nc2ccc(N(C)C)cc2)n1. The van der Waals surface area contributed by atoms with Gasteiger partial charge in [0.1, 0.15) is 11.6 Å². The number of benzene rings is 2. The van der Waals surface area contributed by atoms with Crippen molar-refractivity contribution in [2.24, 2.45) is 0 Å². The average molecular weight is 363 g/mol. The van der Waals surface area contributed by atoms with Crippen LogP contribution < -0.4 is 20.3 Å². The van der Waals surface area contributed by atoms with E-state index in [1.165, 1.54) is 0 Å². The molecule has 3 aromatic rings. The van der Waals surface area contributed by atoms with E-state index < -0.39 is 0 Å². The summed E-state index contributed by atoms with van der Waals surface area (Å²) in [6, 6.07) is 17.9. The molecule has 0 bridgehead atoms. The molecule has 0 spiro atoms. The summed E-state index contributed by atoms with van der Waals surface area (Å²) in [5, 5.41) is 6.59. The van der Waals surface area contributed by atoms with E-state index in [0.29, 0.717) is 12.6 Å². The van der Waals surface area contributed by atoms with Crippen molar-refractivity contribution in [2.45, 2.75) is 13.8 Å². The Morgan fingerprint density at radius 2 is 1.70 bits per heavy atom. The third kappa shape index (κ3) is 4.88. The maximum absolute atomic E-state index is 5.66. The first kappa shape index (κ1) is 18.5. The fourth-order valence-electron chi connectivity index (χ4n) is 2.65. The van der Waals surface area contributed by atoms with Crippen molar-refractivity contribution >= 4 is 28.8 Å². The van der Waals surface area contributed by atoms with Crippen molar-refractivity contribution in [2.75, 3.05) is 36.2 Å². The van der Waals surface area contributed by atoms with Gasteiger partial charge in [0.2, 0.25) is 5.95 Å². The highest BCUT2D eigenvalue weighted by atomic mass is 16.5. The number of anilines is 5. The molecule has 27 heavy (non-hydrogen) atoms. The quantitative estimate of drug-likeness (QED) is 0.632. The number of aromatic nitrogens is 2. The van der Waals surface area contributed by atoms with Crippen molar-refractivity contribution in [3.8, 4) is 5.75 Å². The molecule has 1 aromatic heterocycles. The highest BCUT2D eigenvalue weighted by Gasteiger charge is 2.07. The van der Waals surface area contributed by atoms with Gasteiger partial charge in [0, 0.05) is 37.2 Å². The standard InChI is InChI=1S/C21H25N5O/c1-5-27-19-9-7-6-8-18(19)24-21-22-15(2)14-20(25-21)23-16-10-12-17(13-11-16)26(3)4/h6-14H,5H2,1-4H3,(H2,22,23,24,25). The number of ether oxygens (including phenoxy) is 1. The second-order valence-electron chi connectivity index (χ2n) is 6.34. The topological polar surface area (TPSA) is 62.3 Å². The molecule has 2 aromatic carbocycles. The third-order valence-electron chi connectivity index (χ3n) is 3.94. The fraction of sp³-hybridized carbons (Fsp3) is 0.238. The normalized spacial score (nSPS) is 10.4. The van der Waals surface area contributed by atoms with Crippen LogP contribution in [0.15, 0.2) is 54.6 Å². The summed E-state index contributed by atoms with van der Waals surface area (Å²) in [6.07, 6.45) is 0. The van der Waals surface area contributed by atoms with Gasteiger partial charge in [0.05, 0.1) is 12.3 Å². The van der Waals surface area contributed by atoms with Crippen LogP contribution >= 0.6 is 0 Å². The van der Waals surface area contributed by atoms with Gasteiger partial charge in [-0.15, -0.1) is 0 Å². The van der Waals surface area contributed by atoms with Crippen LogP contribution in [0.5, 0.6) is 5.75 Å². The van der Waals surface area contributed by atoms with Gasteiger partial charge in [-0.3, -0.25) is 0 Å². The van der Waals surface area contributed by atoms with Gasteiger partial charge >= 0.3 is 0 Å². The molecule has 3 rings (SSSR count). The second-order valence-corrected chi connectivity index (χ2v) is 6.34. The number of nitrogens with zero attached hydrogens (tertiary/aromatic N) is 3. The second kappa shape index (κ2) is 8.40. The number of para-hydroxylation sites is 2. The lowest BCUT2D eigenvalue weighted by Crippen LogP contribution is -2.08. The van der Waals surface area contributed by atoms with Gasteiger partial charge in [-0.05, 0) is 50.2 Å². The molecule has 0 fully saturated rings. The number of hydrogen-bond donors (Lipinski definition) is 2. The predicted molar refractivity (Wildman–Crippen MR) is 112 cm³/mol. The lowest BCUT2D eigenvalue weighted by Gasteiger charge is -2.14. The van der Waals surface area contributed by atoms with Crippen LogP contribution in [-0.4, -0.2) is 30.7 Å². The van der Waals surface area contributed by atoms with Crippen molar-refractivity contribution in [1.29, 1.82) is 0 Å². The molecule has 0 unspecified atom stereocenters. The minimum Gasteiger partial charge on any atom is -0.492 e. The Kier molecular flexibility index (Phi) is 5.76. The zero-order valence-electron chi connectivity index (χ0n) is 16.2. The molecule has 0 amide bonds. The summed E-state index contributed by atoms with van der Waals surface area (Å²) in [5.41, 5.74) is 3.83. The summed E-state index contributed by atoms with van der Waals surface area (Å²) in [4.78, 5) is 11.1. The first-order valence-electron chi connectivity index (χ1n) is 8.94. The highest BCUT2D eigenvalue weighted by Crippen LogP contribution is 2.27. The van der Waals surface area contributed by atoms with E-state index >= 15 is 0 Å². The van der Waals surface area contributed by atoms with E-state index in [-0.39, 0.29) is 0 Å². The Morgan fingerprint density at radius 3 is 2.41 bits per heavy atom. The monoisotopic (exact) mass is 363 g/mol. The molecule has 6 heteroatoms. The summed E-state index contributed by atoms with van der Waals surface area (Å²) in [6.45, 7) is 4.51. The molecule has 0 aliphatic rings. The Morgan fingerprint density at radius 1 is 0.963 bits per heavy atom. The summed E-state index contributed by atoms with van der Waals surface area (Å²) in [5.74, 6) is 2.03. The molecule has 2 N–H and O–H groups in total. The van der Waals surface area contributed by atoms with Crippen LogP contribution in [-0.2, 0) is 0 Å². The molecular weight excluding hydrogens is 338 g/mol. The molecular formula is C21H25N5O. The molecule has 140 valence electrons. The molecule has 1 heterocycles. The largest absolute Gasteiger partial charge is 0.492 e. The molecule has 6 nitrogen and oxygen atoms in total. The fourth-order valence-corrected chi connectivity index (χ4v) is 2.65. The van der Waals surface area contributed by atoms with Crippen LogP contribution in [0, 0.1) is 6.92 Å². The Hall–Kier alpha value is -3.28. The molecule has 0 radical (unpaired) electrons. The zero-order chi connectivity index (χ0) is 19.2. The third-order valence-corrected chi connectivity index (χ3v) is 3.94. The molecule has 0 saturated heterocycles. The van der Waals surface area contributed by atoms with E-state index in [0.717, 1.165) is 34.3 Å². The minimum atomic E-state index is 0.523. The lowest BCUT2D eigenvalue weighted by atomic mass is 10.2. The van der Waals surface area contributed by atoms with Crippen LogP contribution in [0.3, 0.4) is 0 Å². The van der Waals surface area contributed by atoms with Crippen molar-refractivity contribution in [1.82, 2.24) is 9.97 Å². The van der Waals surface area contributed by atoms with Gasteiger partial charge in [-0.1, -0.05) is 12.1 Å². The molecule has 0 atom stereocenters. The van der Waals surface area contributed by atoms with Gasteiger partial charge in [0.15, 0.2) is 0 Å². The first-order chi connectivity index (χ1) is 13.0. The Bertz CT molecular complexity index is 893. The Labute approximate surface area is 160 Å². The van der Waals surface area contributed by atoms with E-state index in [9.17, 15) is 0 Å². The maximum Gasteiger partial charge on any atom is 0.229 e. The van der Waals surface area contributed by atoms with Crippen LogP contribution in [0.4, 0.5) is 28.8 Å². The number of hydrogen-bond acceptors (Lipinski definition) is 6. The number of rotatable bonds is 7. The number of aryl methyl sites for hydroxylation is 1. The van der Waals surface area contributed by atoms with Gasteiger partial charge in [0.25, 0.3) is 0 Å². The van der Waals surface area contributed by atoms with Crippen LogP contribution in [0.2, 0.25) is 0 Å². The van der Waals surface area contributed by atoms with Gasteiger partial charge < -0.3 is 20.3 Å². The lowest BCUT2D eigenvalue weighted by molar-refractivity contribution is 0.342. The minimum absolute atomic E-state index is 0.523. The van der Waals surface area contributed by atoms with Crippen molar-refractivity contribution < 1.29 is 4.74 Å². The number of nitrogens with one attached hydrogen (secondary N) is 2. The highest BCUT2D eigenvalue weighted by molar-refractivity contribution is 5.65. The zero-order valence-corrected chi connectivity index (χ0v) is 16.2. The van der Waals surface area contributed by atoms with Crippen molar-refractivity contribution in [3.63, 3.8) is 0 Å². The summed E-state index contributed by atoms with van der Waals surface area (Å²) in [7, 11) is 4.04. The van der Waals surface area contributed by atoms with E-state index in [1.807, 2.05) is 70.4 Å². The van der Waals surface area contributed by atoms with Crippen LogP contribution in [0.1, 0.15) is 12.6 Å². The van der Waals surface area contributed by atoms with E-state index in [4.69, 9.17) is 4.74 Å².